The highest BCUT2D eigenvalue weighted by molar-refractivity contribution is 7.65. The Hall–Kier alpha value is 0.910. The summed E-state index contributed by atoms with van der Waals surface area (Å²) < 4.78 is 2.30. The fourth-order valence-corrected chi connectivity index (χ4v) is 4.48. The smallest absolute Gasteiger partial charge is 0.0305 e. The van der Waals surface area contributed by atoms with Crippen LogP contribution in [0.2, 0.25) is 0 Å². The van der Waals surface area contributed by atoms with Crippen LogP contribution in [0.3, 0.4) is 0 Å². The van der Waals surface area contributed by atoms with Crippen LogP contribution in [-0.4, -0.2) is 11.0 Å². The van der Waals surface area contributed by atoms with Gasteiger partial charge in [0.25, 0.3) is 0 Å². The minimum absolute atomic E-state index is 0.741. The van der Waals surface area contributed by atoms with Gasteiger partial charge in [-0.25, -0.2) is 4.44 Å². The lowest BCUT2D eigenvalue weighted by molar-refractivity contribution is 0.807. The summed E-state index contributed by atoms with van der Waals surface area (Å²) in [6.07, 6.45) is 1.93. The van der Waals surface area contributed by atoms with E-state index in [0.717, 1.165) is 33.2 Å². The molecule has 3 nitrogen and oxygen atoms in total. The van der Waals surface area contributed by atoms with Crippen LogP contribution in [0.4, 0.5) is 0 Å². The first-order chi connectivity index (χ1) is 4.43. The fraction of sp³-hybridized carbons (Fsp3) is 0.333. The van der Waals surface area contributed by atoms with E-state index in [2.05, 4.69) is 20.7 Å². The highest BCUT2D eigenvalue weighted by Gasteiger charge is 2.05. The Morgan fingerprint density at radius 3 is 2.67 bits per heavy atom. The molecular weight excluding hydrogens is 171 g/mol. The van der Waals surface area contributed by atoms with Crippen molar-refractivity contribution in [3.8, 4) is 0 Å². The number of hydrogen-bond acceptors (Lipinski definition) is 3. The van der Waals surface area contributed by atoms with Gasteiger partial charge in [-0.2, -0.15) is 0 Å². The summed E-state index contributed by atoms with van der Waals surface area (Å²) in [4.78, 5) is 6.50. The van der Waals surface area contributed by atoms with E-state index >= 15 is 0 Å². The van der Waals surface area contributed by atoms with E-state index < -0.39 is 0 Å². The molecule has 2 atom stereocenters. The van der Waals surface area contributed by atoms with Crippen molar-refractivity contribution < 1.29 is 0 Å². The quantitative estimate of drug-likeness (QED) is 0.495. The zero-order chi connectivity index (χ0) is 6.53. The molecule has 0 aromatic rings. The van der Waals surface area contributed by atoms with Crippen LogP contribution < -0.4 is 9.72 Å². The highest BCUT2D eigenvalue weighted by atomic mass is 31.2. The maximum absolute atomic E-state index is 3.67. The molecule has 0 saturated carbocycles. The van der Waals surface area contributed by atoms with Gasteiger partial charge < -0.3 is 0 Å². The van der Waals surface area contributed by atoms with Crippen molar-refractivity contribution >= 4 is 26.6 Å². The van der Waals surface area contributed by atoms with E-state index in [-0.39, 0.29) is 0 Å². The molecule has 9 heavy (non-hydrogen) atoms. The van der Waals surface area contributed by atoms with Gasteiger partial charge in [-0.15, -0.1) is 6.58 Å². The molecule has 2 N–H and O–H groups in total. The van der Waals surface area contributed by atoms with Crippen LogP contribution in [0.15, 0.2) is 12.7 Å². The number of nitrogens with zero attached hydrogens (tertiary/aromatic N) is 1. The largest absolute Gasteiger partial charge is 0.253 e. The summed E-state index contributed by atoms with van der Waals surface area (Å²) in [6, 6.07) is 0. The molecule has 6 heteroatoms. The standard InChI is InChI=1S/C3H10N3P3/c1-2-3-6-8-4-7-5-9-6/h2,4-5,7-9H,1,3H2. The van der Waals surface area contributed by atoms with Gasteiger partial charge in [0.05, 0.1) is 0 Å². The van der Waals surface area contributed by atoms with E-state index in [4.69, 9.17) is 0 Å². The maximum Gasteiger partial charge on any atom is 0.0305 e. The second-order valence-electron chi connectivity index (χ2n) is 1.50. The zero-order valence-electron chi connectivity index (χ0n) is 4.94. The van der Waals surface area contributed by atoms with Crippen molar-refractivity contribution in [1.82, 2.24) is 14.2 Å². The van der Waals surface area contributed by atoms with E-state index in [1.54, 1.807) is 0 Å². The molecule has 0 radical (unpaired) electrons. The summed E-state index contributed by atoms with van der Waals surface area (Å²) in [5.74, 6) is 0. The van der Waals surface area contributed by atoms with Gasteiger partial charge in [-0.3, -0.25) is 9.72 Å². The summed E-state index contributed by atoms with van der Waals surface area (Å²) in [5, 5.41) is 0. The topological polar surface area (TPSA) is 27.3 Å². The minimum Gasteiger partial charge on any atom is -0.253 e. The average Bonchev–Trinajstić information content (AvgIpc) is 1.91. The molecule has 0 aromatic heterocycles. The summed E-state index contributed by atoms with van der Waals surface area (Å²) >= 11 is 0. The van der Waals surface area contributed by atoms with Crippen LogP contribution in [0, 0.1) is 0 Å². The van der Waals surface area contributed by atoms with Crippen LogP contribution in [-0.2, 0) is 0 Å². The van der Waals surface area contributed by atoms with Crippen LogP contribution in [0.1, 0.15) is 0 Å². The van der Waals surface area contributed by atoms with Crippen LogP contribution in [0.25, 0.3) is 0 Å². The number of nitrogens with one attached hydrogen (secondary N) is 2. The lowest BCUT2D eigenvalue weighted by atomic mass is 10.7. The number of hydrogen-bond donors (Lipinski definition) is 2. The van der Waals surface area contributed by atoms with E-state index in [1.165, 1.54) is 0 Å². The molecule has 2 unspecified atom stereocenters. The summed E-state index contributed by atoms with van der Waals surface area (Å²) in [6.45, 7) is 4.66. The van der Waals surface area contributed by atoms with Gasteiger partial charge in [-0.1, -0.05) is 6.08 Å². The van der Waals surface area contributed by atoms with Gasteiger partial charge in [0, 0.05) is 33.2 Å². The van der Waals surface area contributed by atoms with Gasteiger partial charge in [0.2, 0.25) is 0 Å². The molecule has 52 valence electrons. The molecule has 1 aliphatic heterocycles. The van der Waals surface area contributed by atoms with E-state index in [0.29, 0.717) is 0 Å². The molecule has 1 rings (SSSR count). The molecule has 0 bridgehead atoms. The second-order valence-corrected chi connectivity index (χ2v) is 5.72. The summed E-state index contributed by atoms with van der Waals surface area (Å²) in [7, 11) is 2.29. The van der Waals surface area contributed by atoms with Crippen LogP contribution >= 0.6 is 26.6 Å². The molecule has 0 spiro atoms. The predicted octanol–water partition coefficient (Wildman–Crippen LogP) is 1.19. The second kappa shape index (κ2) is 4.68. The monoisotopic (exact) mass is 181 g/mol. The Morgan fingerprint density at radius 1 is 1.44 bits per heavy atom. The first-order valence-corrected chi connectivity index (χ1v) is 5.47. The summed E-state index contributed by atoms with van der Waals surface area (Å²) in [5.41, 5.74) is 0. The normalized spacial score (nSPS) is 29.8. The predicted molar refractivity (Wildman–Crippen MR) is 48.1 cm³/mol. The van der Waals surface area contributed by atoms with Crippen molar-refractivity contribution in [2.45, 2.75) is 0 Å². The molecule has 1 fully saturated rings. The maximum atomic E-state index is 3.67. The van der Waals surface area contributed by atoms with Gasteiger partial charge in [0.1, 0.15) is 0 Å². The molecular formula is C3H10N3P3. The minimum atomic E-state index is 0.741. The Labute approximate surface area is 60.7 Å². The fourth-order valence-electron chi connectivity index (χ4n) is 0.470. The van der Waals surface area contributed by atoms with Crippen LogP contribution in [0.5, 0.6) is 0 Å². The third-order valence-electron chi connectivity index (χ3n) is 0.818. The molecule has 0 aromatic carbocycles. The average molecular weight is 181 g/mol. The highest BCUT2D eigenvalue weighted by Crippen LogP contribution is 2.36. The lowest BCUT2D eigenvalue weighted by Crippen LogP contribution is -2.15. The third-order valence-corrected chi connectivity index (χ3v) is 4.29. The first-order valence-electron chi connectivity index (χ1n) is 2.58. The van der Waals surface area contributed by atoms with E-state index in [9.17, 15) is 0 Å². The third kappa shape index (κ3) is 3.00. The molecule has 1 aliphatic rings. The van der Waals surface area contributed by atoms with Crippen molar-refractivity contribution in [3.05, 3.63) is 12.7 Å². The SMILES string of the molecule is C=CCN1PNPNP1. The molecule has 0 aliphatic carbocycles. The molecule has 1 saturated heterocycles. The Morgan fingerprint density at radius 2 is 2.11 bits per heavy atom. The van der Waals surface area contributed by atoms with Gasteiger partial charge >= 0.3 is 0 Å². The Kier molecular flexibility index (Phi) is 4.17. The van der Waals surface area contributed by atoms with Crippen molar-refractivity contribution in [2.24, 2.45) is 0 Å². The van der Waals surface area contributed by atoms with E-state index in [1.807, 2.05) is 6.08 Å². The molecule has 1 heterocycles. The van der Waals surface area contributed by atoms with Gasteiger partial charge in [0.15, 0.2) is 0 Å². The lowest BCUT2D eigenvalue weighted by Gasteiger charge is -2.25. The van der Waals surface area contributed by atoms with Crippen molar-refractivity contribution in [3.63, 3.8) is 0 Å². The Balaban J connectivity index is 2.15. The molecule has 0 amide bonds. The Bertz CT molecular complexity index is 92.3. The van der Waals surface area contributed by atoms with Crippen molar-refractivity contribution in [1.29, 1.82) is 0 Å². The first kappa shape index (κ1) is 8.01. The number of rotatable bonds is 2. The van der Waals surface area contributed by atoms with Crippen molar-refractivity contribution in [2.75, 3.05) is 6.54 Å². The van der Waals surface area contributed by atoms with Gasteiger partial charge in [-0.05, 0) is 0 Å². The zero-order valence-corrected chi connectivity index (χ0v) is 7.94.